The van der Waals surface area contributed by atoms with E-state index in [9.17, 15) is 29.7 Å². The molecule has 1 aliphatic carbocycles. The highest BCUT2D eigenvalue weighted by Gasteiger charge is 2.33. The molecule has 0 unspecified atom stereocenters. The molecule has 0 fully saturated rings. The van der Waals surface area contributed by atoms with Crippen molar-refractivity contribution in [3.63, 3.8) is 0 Å². The van der Waals surface area contributed by atoms with Gasteiger partial charge in [0.05, 0.1) is 25.4 Å². The van der Waals surface area contributed by atoms with Crippen LogP contribution in [0, 0.1) is 12.8 Å². The van der Waals surface area contributed by atoms with Crippen molar-refractivity contribution in [3.05, 3.63) is 34.4 Å². The van der Waals surface area contributed by atoms with Crippen molar-refractivity contribution in [2.45, 2.75) is 39.2 Å². The number of carbonyl (C=O) groups excluding carboxylic acids is 3. The molecule has 0 spiro atoms. The molecule has 30 heavy (non-hydrogen) atoms. The zero-order chi connectivity index (χ0) is 22.2. The number of hydrogen-bond acceptors (Lipinski definition) is 8. The number of methoxy groups -OCH3 is 1. The molecule has 2 atom stereocenters. The Morgan fingerprint density at radius 2 is 1.93 bits per heavy atom. The van der Waals surface area contributed by atoms with Gasteiger partial charge in [-0.3, -0.25) is 14.4 Å². The van der Waals surface area contributed by atoms with Crippen molar-refractivity contribution in [3.8, 4) is 11.5 Å². The fourth-order valence-electron chi connectivity index (χ4n) is 4.00. The number of ketones is 1. The van der Waals surface area contributed by atoms with E-state index < -0.39 is 24.0 Å². The van der Waals surface area contributed by atoms with Crippen LogP contribution in [0.2, 0.25) is 0 Å². The molecule has 8 heteroatoms. The highest BCUT2D eigenvalue weighted by molar-refractivity contribution is 6.09. The number of esters is 2. The Morgan fingerprint density at radius 1 is 1.23 bits per heavy atom. The van der Waals surface area contributed by atoms with Crippen molar-refractivity contribution in [1.29, 1.82) is 0 Å². The van der Waals surface area contributed by atoms with Gasteiger partial charge in [-0.25, -0.2) is 0 Å². The second-order valence-corrected chi connectivity index (χ2v) is 7.31. The largest absolute Gasteiger partial charge is 0.508 e. The van der Waals surface area contributed by atoms with E-state index in [1.807, 2.05) is 0 Å². The first-order valence-electron chi connectivity index (χ1n) is 9.67. The van der Waals surface area contributed by atoms with Crippen LogP contribution in [0.15, 0.2) is 12.1 Å². The minimum absolute atomic E-state index is 0.0650. The third-order valence-corrected chi connectivity index (χ3v) is 5.46. The second kappa shape index (κ2) is 8.31. The molecule has 0 aliphatic heterocycles. The first kappa shape index (κ1) is 21.6. The Morgan fingerprint density at radius 3 is 2.57 bits per heavy atom. The van der Waals surface area contributed by atoms with Gasteiger partial charge in [0, 0.05) is 23.8 Å². The predicted octanol–water partition coefficient (Wildman–Crippen LogP) is 2.46. The van der Waals surface area contributed by atoms with Crippen LogP contribution in [0.4, 0.5) is 0 Å². The summed E-state index contributed by atoms with van der Waals surface area (Å²) in [5, 5.41) is 32.5. The van der Waals surface area contributed by atoms with E-state index in [4.69, 9.17) is 9.47 Å². The van der Waals surface area contributed by atoms with Gasteiger partial charge in [0.25, 0.3) is 0 Å². The van der Waals surface area contributed by atoms with Gasteiger partial charge in [0.15, 0.2) is 11.7 Å². The van der Waals surface area contributed by atoms with Crippen LogP contribution in [0.5, 0.6) is 11.5 Å². The molecule has 1 aliphatic rings. The van der Waals surface area contributed by atoms with Crippen LogP contribution in [0.1, 0.15) is 52.9 Å². The number of carbonyl (C=O) groups is 3. The van der Waals surface area contributed by atoms with E-state index >= 15 is 0 Å². The number of phenols is 2. The molecule has 160 valence electrons. The Bertz CT molecular complexity index is 1040. The molecule has 0 saturated heterocycles. The van der Waals surface area contributed by atoms with Crippen molar-refractivity contribution < 1.29 is 39.2 Å². The fraction of sp³-hybridized carbons (Fsp3) is 0.409. The van der Waals surface area contributed by atoms with Crippen molar-refractivity contribution in [2.75, 3.05) is 13.7 Å². The van der Waals surface area contributed by atoms with E-state index in [2.05, 4.69) is 0 Å². The average Bonchev–Trinajstić information content (AvgIpc) is 2.69. The molecular weight excluding hydrogens is 392 g/mol. The quantitative estimate of drug-likeness (QED) is 0.501. The van der Waals surface area contributed by atoms with E-state index in [1.165, 1.54) is 12.1 Å². The normalized spacial score (nSPS) is 16.8. The Kier molecular flexibility index (Phi) is 5.98. The summed E-state index contributed by atoms with van der Waals surface area (Å²) in [5.41, 5.74) is 1.04. The van der Waals surface area contributed by atoms with Gasteiger partial charge in [-0.15, -0.1) is 0 Å². The number of Topliss-reactive ketones (excluding diaryl/α,β-unsaturated/α-hetero) is 1. The number of aromatic hydroxyl groups is 2. The maximum absolute atomic E-state index is 12.4. The van der Waals surface area contributed by atoms with Gasteiger partial charge >= 0.3 is 11.9 Å². The highest BCUT2D eigenvalue weighted by Crippen LogP contribution is 2.44. The van der Waals surface area contributed by atoms with Crippen LogP contribution in [-0.2, 0) is 25.5 Å². The van der Waals surface area contributed by atoms with Crippen LogP contribution < -0.4 is 0 Å². The summed E-state index contributed by atoms with van der Waals surface area (Å²) < 4.78 is 9.68. The molecule has 3 rings (SSSR count). The zero-order valence-corrected chi connectivity index (χ0v) is 17.0. The van der Waals surface area contributed by atoms with Crippen LogP contribution in [-0.4, -0.2) is 46.8 Å². The first-order chi connectivity index (χ1) is 14.2. The van der Waals surface area contributed by atoms with Crippen LogP contribution >= 0.6 is 0 Å². The van der Waals surface area contributed by atoms with E-state index in [1.54, 1.807) is 13.8 Å². The maximum Gasteiger partial charge on any atom is 0.320 e. The highest BCUT2D eigenvalue weighted by atomic mass is 16.5. The third kappa shape index (κ3) is 3.59. The Balaban J connectivity index is 2.26. The number of aliphatic hydroxyl groups excluding tert-OH is 1. The zero-order valence-electron chi connectivity index (χ0n) is 17.0. The van der Waals surface area contributed by atoms with Gasteiger partial charge in [-0.2, -0.15) is 0 Å². The minimum Gasteiger partial charge on any atom is -0.508 e. The smallest absolute Gasteiger partial charge is 0.320 e. The minimum atomic E-state index is -1.32. The summed E-state index contributed by atoms with van der Waals surface area (Å²) in [6, 6.07) is 2.93. The molecule has 0 radical (unpaired) electrons. The fourth-order valence-corrected chi connectivity index (χ4v) is 4.00. The number of benzene rings is 2. The molecule has 0 saturated carbocycles. The summed E-state index contributed by atoms with van der Waals surface area (Å²) in [7, 11) is 1.14. The topological polar surface area (TPSA) is 130 Å². The van der Waals surface area contributed by atoms with Gasteiger partial charge in [-0.05, 0) is 48.9 Å². The predicted molar refractivity (Wildman–Crippen MR) is 106 cm³/mol. The molecule has 0 aromatic heterocycles. The maximum atomic E-state index is 12.4. The van der Waals surface area contributed by atoms with E-state index in [-0.39, 0.29) is 59.8 Å². The van der Waals surface area contributed by atoms with Crippen molar-refractivity contribution in [2.24, 2.45) is 5.92 Å². The van der Waals surface area contributed by atoms with Gasteiger partial charge in [-0.1, -0.05) is 0 Å². The van der Waals surface area contributed by atoms with Gasteiger partial charge in [0.2, 0.25) is 0 Å². The molecule has 2 aromatic rings. The lowest BCUT2D eigenvalue weighted by molar-refractivity contribution is -0.160. The summed E-state index contributed by atoms with van der Waals surface area (Å²) in [6.45, 7) is 3.33. The van der Waals surface area contributed by atoms with E-state index in [0.717, 1.165) is 7.11 Å². The monoisotopic (exact) mass is 416 g/mol. The molecule has 3 N–H and O–H groups in total. The van der Waals surface area contributed by atoms with Gasteiger partial charge in [0.1, 0.15) is 11.5 Å². The molecule has 0 bridgehead atoms. The number of rotatable bonds is 5. The number of aryl methyl sites for hydroxylation is 1. The molecule has 0 heterocycles. The average molecular weight is 416 g/mol. The number of fused-ring (bicyclic) bond motifs is 2. The van der Waals surface area contributed by atoms with Crippen LogP contribution in [0.3, 0.4) is 0 Å². The first-order valence-corrected chi connectivity index (χ1v) is 9.67. The van der Waals surface area contributed by atoms with Crippen molar-refractivity contribution in [1.82, 2.24) is 0 Å². The lowest BCUT2D eigenvalue weighted by atomic mass is 9.82. The van der Waals surface area contributed by atoms with Crippen LogP contribution in [0.25, 0.3) is 10.8 Å². The van der Waals surface area contributed by atoms with E-state index in [0.29, 0.717) is 16.3 Å². The Labute approximate surface area is 173 Å². The number of aliphatic hydroxyl groups is 1. The summed E-state index contributed by atoms with van der Waals surface area (Å²) in [5.74, 6) is -3.68. The van der Waals surface area contributed by atoms with Crippen molar-refractivity contribution >= 4 is 28.5 Å². The SMILES string of the molecule is CCOC(=O)[C@H](Cc1c(O)cc(C)c2c(O)c3c(cc12)[C@@H](O)CCC3=O)C(=O)OC. The third-order valence-electron chi connectivity index (χ3n) is 5.46. The standard InChI is InChI=1S/C22H24O8/c1-4-30-22(28)14(21(27)29-3)8-11-12-9-13-15(23)5-6-16(24)19(13)20(26)18(12)10(2)7-17(11)25/h7,9,14-15,23,25-26H,4-6,8H2,1-3H3/t14-,15+/m1/s1. The summed E-state index contributed by atoms with van der Waals surface area (Å²) >= 11 is 0. The Hall–Kier alpha value is -3.13. The molecule has 2 aromatic carbocycles. The van der Waals surface area contributed by atoms with Gasteiger partial charge < -0.3 is 24.8 Å². The molecule has 8 nitrogen and oxygen atoms in total. The lowest BCUT2D eigenvalue weighted by Gasteiger charge is -2.24. The number of hydrogen-bond donors (Lipinski definition) is 3. The number of phenolic OH excluding ortho intramolecular Hbond substituents is 2. The summed E-state index contributed by atoms with van der Waals surface area (Å²) in [4.78, 5) is 36.9. The molecular formula is C22H24O8. The lowest BCUT2D eigenvalue weighted by Crippen LogP contribution is -2.29. The summed E-state index contributed by atoms with van der Waals surface area (Å²) in [6.07, 6.45) is -0.858. The second-order valence-electron chi connectivity index (χ2n) is 7.31. The molecule has 0 amide bonds. The number of ether oxygens (including phenoxy) is 2.